The first-order valence-corrected chi connectivity index (χ1v) is 8.92. The summed E-state index contributed by atoms with van der Waals surface area (Å²) in [5.41, 5.74) is 0. The number of aliphatic imine (C=N–C) groups is 3. The minimum absolute atomic E-state index is 0.802. The van der Waals surface area contributed by atoms with E-state index >= 15 is 0 Å². The maximum Gasteiger partial charge on any atom is 0.0952 e. The molecule has 0 rings (SSSR count). The number of hydrogen-bond donors (Lipinski definition) is 0. The van der Waals surface area contributed by atoms with Crippen LogP contribution in [-0.4, -0.2) is 119 Å². The highest BCUT2D eigenvalue weighted by Gasteiger charge is 2.05. The van der Waals surface area contributed by atoms with Crippen molar-refractivity contribution in [3.63, 3.8) is 0 Å². The summed E-state index contributed by atoms with van der Waals surface area (Å²) in [6.07, 6.45) is 0. The minimum Gasteiger partial charge on any atom is -0.367 e. The molecule has 0 aromatic heterocycles. The van der Waals surface area contributed by atoms with Crippen molar-refractivity contribution in [3.05, 3.63) is 0 Å². The standard InChI is InChI=1S/C18H39N7/c1-16(22(4)5)19-10-13-25(14-11-20-17(2)23(6)7)15-12-21-18(3)24(8)9/h10-15H2,1-9H3. The first-order valence-electron chi connectivity index (χ1n) is 8.92. The Morgan fingerprint density at radius 2 is 0.760 bits per heavy atom. The molecule has 0 heterocycles. The van der Waals surface area contributed by atoms with Gasteiger partial charge in [-0.15, -0.1) is 0 Å². The lowest BCUT2D eigenvalue weighted by Crippen LogP contribution is -2.33. The van der Waals surface area contributed by atoms with Crippen molar-refractivity contribution in [3.8, 4) is 0 Å². The summed E-state index contributed by atoms with van der Waals surface area (Å²) < 4.78 is 0. The van der Waals surface area contributed by atoms with Gasteiger partial charge in [-0.05, 0) is 20.8 Å². The van der Waals surface area contributed by atoms with E-state index in [0.717, 1.165) is 56.8 Å². The zero-order chi connectivity index (χ0) is 19.4. The second-order valence-electron chi connectivity index (χ2n) is 6.81. The molecule has 7 heteroatoms. The molecule has 0 saturated carbocycles. The lowest BCUT2D eigenvalue weighted by molar-refractivity contribution is 0.297. The van der Waals surface area contributed by atoms with Crippen molar-refractivity contribution in [2.75, 3.05) is 81.6 Å². The van der Waals surface area contributed by atoms with Crippen molar-refractivity contribution in [2.45, 2.75) is 20.8 Å². The molecule has 0 radical (unpaired) electrons. The van der Waals surface area contributed by atoms with Crippen LogP contribution in [0.3, 0.4) is 0 Å². The summed E-state index contributed by atoms with van der Waals surface area (Å²) in [7, 11) is 12.1. The molecule has 146 valence electrons. The summed E-state index contributed by atoms with van der Waals surface area (Å²) >= 11 is 0. The Morgan fingerprint density at radius 1 is 0.520 bits per heavy atom. The number of nitrogens with zero attached hydrogens (tertiary/aromatic N) is 7. The van der Waals surface area contributed by atoms with E-state index in [4.69, 9.17) is 0 Å². The second kappa shape index (κ2) is 12.7. The van der Waals surface area contributed by atoms with Gasteiger partial charge in [-0.2, -0.15) is 0 Å². The van der Waals surface area contributed by atoms with Crippen LogP contribution >= 0.6 is 0 Å². The van der Waals surface area contributed by atoms with E-state index in [1.54, 1.807) is 0 Å². The molecule has 0 bridgehead atoms. The normalized spacial score (nSPS) is 13.4. The summed E-state index contributed by atoms with van der Waals surface area (Å²) in [5, 5.41) is 0. The molecule has 0 aliphatic rings. The van der Waals surface area contributed by atoms with Crippen molar-refractivity contribution in [1.82, 2.24) is 19.6 Å². The van der Waals surface area contributed by atoms with E-state index in [-0.39, 0.29) is 0 Å². The fraction of sp³-hybridized carbons (Fsp3) is 0.833. The quantitative estimate of drug-likeness (QED) is 0.462. The van der Waals surface area contributed by atoms with Crippen LogP contribution in [0.25, 0.3) is 0 Å². The van der Waals surface area contributed by atoms with Gasteiger partial charge in [0.05, 0.1) is 37.1 Å². The Kier molecular flexibility index (Phi) is 11.9. The van der Waals surface area contributed by atoms with Gasteiger partial charge in [0.1, 0.15) is 0 Å². The van der Waals surface area contributed by atoms with Gasteiger partial charge in [0.15, 0.2) is 0 Å². The smallest absolute Gasteiger partial charge is 0.0952 e. The van der Waals surface area contributed by atoms with Crippen molar-refractivity contribution < 1.29 is 0 Å². The van der Waals surface area contributed by atoms with Crippen LogP contribution in [0.1, 0.15) is 20.8 Å². The van der Waals surface area contributed by atoms with Gasteiger partial charge >= 0.3 is 0 Å². The molecule has 0 fully saturated rings. The van der Waals surface area contributed by atoms with Gasteiger partial charge in [0.25, 0.3) is 0 Å². The predicted octanol–water partition coefficient (Wildman–Crippen LogP) is 1.23. The number of hydrogen-bond acceptors (Lipinski definition) is 4. The summed E-state index contributed by atoms with van der Waals surface area (Å²) in [4.78, 5) is 22.4. The van der Waals surface area contributed by atoms with Crippen molar-refractivity contribution >= 4 is 17.5 Å². The molecular formula is C18H39N7. The molecule has 0 aromatic carbocycles. The summed E-state index contributed by atoms with van der Waals surface area (Å²) in [5.74, 6) is 3.17. The van der Waals surface area contributed by atoms with Gasteiger partial charge < -0.3 is 14.7 Å². The minimum atomic E-state index is 0.802. The fourth-order valence-corrected chi connectivity index (χ4v) is 1.82. The van der Waals surface area contributed by atoms with E-state index in [0.29, 0.717) is 0 Å². The van der Waals surface area contributed by atoms with Crippen LogP contribution in [0.4, 0.5) is 0 Å². The average molecular weight is 354 g/mol. The van der Waals surface area contributed by atoms with E-state index in [9.17, 15) is 0 Å². The van der Waals surface area contributed by atoms with Crippen molar-refractivity contribution in [2.24, 2.45) is 15.0 Å². The zero-order valence-corrected chi connectivity index (χ0v) is 17.9. The Balaban J connectivity index is 4.62. The largest absolute Gasteiger partial charge is 0.367 e. The van der Waals surface area contributed by atoms with E-state index in [2.05, 4.69) is 19.9 Å². The van der Waals surface area contributed by atoms with Gasteiger partial charge in [-0.25, -0.2) is 0 Å². The fourth-order valence-electron chi connectivity index (χ4n) is 1.82. The summed E-state index contributed by atoms with van der Waals surface area (Å²) in [6, 6.07) is 0. The van der Waals surface area contributed by atoms with E-state index in [1.807, 2.05) is 77.8 Å². The van der Waals surface area contributed by atoms with Gasteiger partial charge in [0.2, 0.25) is 0 Å². The molecule has 0 saturated heterocycles. The van der Waals surface area contributed by atoms with Crippen LogP contribution in [0, 0.1) is 0 Å². The first-order chi connectivity index (χ1) is 11.6. The molecule has 0 aromatic rings. The lowest BCUT2D eigenvalue weighted by atomic mass is 10.4. The van der Waals surface area contributed by atoms with Crippen LogP contribution in [0.5, 0.6) is 0 Å². The highest BCUT2D eigenvalue weighted by molar-refractivity contribution is 5.79. The topological polar surface area (TPSA) is 50.0 Å². The predicted molar refractivity (Wildman–Crippen MR) is 111 cm³/mol. The average Bonchev–Trinajstić information content (AvgIpc) is 2.53. The van der Waals surface area contributed by atoms with Gasteiger partial charge in [-0.1, -0.05) is 0 Å². The molecule has 0 aliphatic heterocycles. The highest BCUT2D eigenvalue weighted by Crippen LogP contribution is 1.94. The van der Waals surface area contributed by atoms with Gasteiger partial charge in [0, 0.05) is 61.9 Å². The molecule has 25 heavy (non-hydrogen) atoms. The first kappa shape index (κ1) is 23.4. The molecule has 0 unspecified atom stereocenters. The molecule has 0 atom stereocenters. The van der Waals surface area contributed by atoms with Crippen LogP contribution < -0.4 is 0 Å². The van der Waals surface area contributed by atoms with E-state index in [1.165, 1.54) is 0 Å². The maximum absolute atomic E-state index is 4.62. The molecule has 0 N–H and O–H groups in total. The number of amidine groups is 3. The third-order valence-electron chi connectivity index (χ3n) is 4.21. The molecule has 0 amide bonds. The van der Waals surface area contributed by atoms with E-state index < -0.39 is 0 Å². The molecule has 0 spiro atoms. The number of rotatable bonds is 9. The lowest BCUT2D eigenvalue weighted by Gasteiger charge is -2.21. The van der Waals surface area contributed by atoms with Crippen LogP contribution in [0.2, 0.25) is 0 Å². The maximum atomic E-state index is 4.62. The molecular weight excluding hydrogens is 314 g/mol. The molecule has 7 nitrogen and oxygen atoms in total. The van der Waals surface area contributed by atoms with Gasteiger partial charge in [-0.3, -0.25) is 19.9 Å². The molecule has 0 aliphatic carbocycles. The van der Waals surface area contributed by atoms with Crippen LogP contribution in [0.15, 0.2) is 15.0 Å². The Labute approximate surface area is 155 Å². The third-order valence-corrected chi connectivity index (χ3v) is 4.21. The monoisotopic (exact) mass is 353 g/mol. The highest BCUT2D eigenvalue weighted by atomic mass is 15.2. The second-order valence-corrected chi connectivity index (χ2v) is 6.81. The summed E-state index contributed by atoms with van der Waals surface area (Å²) in [6.45, 7) is 11.3. The SMILES string of the molecule is CC(=NCCN(CCN=C(C)N(C)C)CCN=C(C)N(C)C)N(C)C. The Bertz CT molecular complexity index is 384. The van der Waals surface area contributed by atoms with Crippen LogP contribution in [-0.2, 0) is 0 Å². The zero-order valence-electron chi connectivity index (χ0n) is 17.9. The van der Waals surface area contributed by atoms with Crippen molar-refractivity contribution in [1.29, 1.82) is 0 Å². The Hall–Kier alpha value is -1.63. The third kappa shape index (κ3) is 11.5. The Morgan fingerprint density at radius 3 is 0.960 bits per heavy atom.